The molecule has 1 fully saturated rings. The molecule has 6 nitrogen and oxygen atoms in total. The molecule has 88 valence electrons. The van der Waals surface area contributed by atoms with Gasteiger partial charge in [0, 0.05) is 20.1 Å². The van der Waals surface area contributed by atoms with E-state index in [-0.39, 0.29) is 5.75 Å². The summed E-state index contributed by atoms with van der Waals surface area (Å²) in [4.78, 5) is 12.6. The van der Waals surface area contributed by atoms with Gasteiger partial charge in [0.15, 0.2) is 5.16 Å². The lowest BCUT2D eigenvalue weighted by Gasteiger charge is -2.15. The molecular formula is C9H14N4O2S. The molecule has 1 aliphatic heterocycles. The lowest BCUT2D eigenvalue weighted by Crippen LogP contribution is -2.21. The van der Waals surface area contributed by atoms with Gasteiger partial charge in [0.1, 0.15) is 0 Å². The highest BCUT2D eigenvalue weighted by atomic mass is 32.2. The number of carbonyl (C=O) groups is 1. The summed E-state index contributed by atoms with van der Waals surface area (Å²) >= 11 is 1.20. The Balaban J connectivity index is 2.07. The molecule has 0 radical (unpaired) electrons. The van der Waals surface area contributed by atoms with Crippen LogP contribution in [0.25, 0.3) is 0 Å². The SMILES string of the molecule is Cn1c(SCC(=O)O)nnc1N1CCCC1. The van der Waals surface area contributed by atoms with Gasteiger partial charge in [-0.1, -0.05) is 11.8 Å². The van der Waals surface area contributed by atoms with Crippen molar-refractivity contribution in [2.24, 2.45) is 7.05 Å². The third-order valence-electron chi connectivity index (χ3n) is 2.53. The molecule has 0 aromatic carbocycles. The molecule has 0 spiro atoms. The number of nitrogens with zero attached hydrogens (tertiary/aromatic N) is 4. The van der Waals surface area contributed by atoms with E-state index in [4.69, 9.17) is 5.11 Å². The molecule has 2 heterocycles. The van der Waals surface area contributed by atoms with Crippen LogP contribution in [0, 0.1) is 0 Å². The topological polar surface area (TPSA) is 71.2 Å². The molecule has 1 aromatic heterocycles. The molecule has 2 rings (SSSR count). The van der Waals surface area contributed by atoms with E-state index >= 15 is 0 Å². The summed E-state index contributed by atoms with van der Waals surface area (Å²) in [6.07, 6.45) is 2.37. The molecule has 1 aliphatic rings. The summed E-state index contributed by atoms with van der Waals surface area (Å²) in [5.41, 5.74) is 0. The molecule has 1 aromatic rings. The Morgan fingerprint density at radius 3 is 2.75 bits per heavy atom. The summed E-state index contributed by atoms with van der Waals surface area (Å²) in [5, 5.41) is 17.4. The zero-order chi connectivity index (χ0) is 11.5. The molecule has 16 heavy (non-hydrogen) atoms. The van der Waals surface area contributed by atoms with E-state index in [9.17, 15) is 4.79 Å². The second-order valence-electron chi connectivity index (χ2n) is 3.72. The second-order valence-corrected chi connectivity index (χ2v) is 4.66. The maximum Gasteiger partial charge on any atom is 0.313 e. The van der Waals surface area contributed by atoms with Crippen LogP contribution in [-0.2, 0) is 11.8 Å². The van der Waals surface area contributed by atoms with Crippen molar-refractivity contribution in [3.05, 3.63) is 0 Å². The minimum Gasteiger partial charge on any atom is -0.481 e. The number of thioether (sulfide) groups is 1. The highest BCUT2D eigenvalue weighted by Gasteiger charge is 2.19. The second kappa shape index (κ2) is 4.73. The van der Waals surface area contributed by atoms with Crippen molar-refractivity contribution in [2.75, 3.05) is 23.7 Å². The highest BCUT2D eigenvalue weighted by Crippen LogP contribution is 2.22. The van der Waals surface area contributed by atoms with Gasteiger partial charge in [0.05, 0.1) is 5.75 Å². The average molecular weight is 242 g/mol. The predicted octanol–water partition coefficient (Wildman–Crippen LogP) is 0.592. The maximum absolute atomic E-state index is 10.5. The number of hydrogen-bond donors (Lipinski definition) is 1. The van der Waals surface area contributed by atoms with E-state index < -0.39 is 5.97 Å². The fraction of sp³-hybridized carbons (Fsp3) is 0.667. The zero-order valence-electron chi connectivity index (χ0n) is 9.09. The summed E-state index contributed by atoms with van der Waals surface area (Å²) in [7, 11) is 1.87. The van der Waals surface area contributed by atoms with Crippen molar-refractivity contribution in [1.29, 1.82) is 0 Å². The molecule has 0 saturated carbocycles. The first-order valence-corrected chi connectivity index (χ1v) is 6.16. The third kappa shape index (κ3) is 2.29. The number of aliphatic carboxylic acids is 1. The van der Waals surface area contributed by atoms with Crippen LogP contribution in [0.2, 0.25) is 0 Å². The fourth-order valence-electron chi connectivity index (χ4n) is 1.75. The first kappa shape index (κ1) is 11.3. The first-order chi connectivity index (χ1) is 7.68. The van der Waals surface area contributed by atoms with Crippen LogP contribution in [0.1, 0.15) is 12.8 Å². The maximum atomic E-state index is 10.5. The van der Waals surface area contributed by atoms with Gasteiger partial charge in [-0.05, 0) is 12.8 Å². The monoisotopic (exact) mass is 242 g/mol. The number of rotatable bonds is 4. The first-order valence-electron chi connectivity index (χ1n) is 5.17. The molecular weight excluding hydrogens is 228 g/mol. The van der Waals surface area contributed by atoms with Crippen molar-refractivity contribution in [2.45, 2.75) is 18.0 Å². The number of anilines is 1. The lowest BCUT2D eigenvalue weighted by atomic mass is 10.4. The normalized spacial score (nSPS) is 15.7. The number of hydrogen-bond acceptors (Lipinski definition) is 5. The van der Waals surface area contributed by atoms with Crippen LogP contribution in [-0.4, -0.2) is 44.7 Å². The van der Waals surface area contributed by atoms with E-state index in [1.54, 1.807) is 0 Å². The Bertz CT molecular complexity index is 387. The lowest BCUT2D eigenvalue weighted by molar-refractivity contribution is -0.133. The number of carboxylic acid groups (broad SMARTS) is 1. The van der Waals surface area contributed by atoms with Gasteiger partial charge in [0.2, 0.25) is 5.95 Å². The predicted molar refractivity (Wildman–Crippen MR) is 60.8 cm³/mol. The highest BCUT2D eigenvalue weighted by molar-refractivity contribution is 7.99. The van der Waals surface area contributed by atoms with Crippen LogP contribution in [0.15, 0.2) is 5.16 Å². The molecule has 0 bridgehead atoms. The van der Waals surface area contributed by atoms with Gasteiger partial charge in [-0.2, -0.15) is 0 Å². The largest absolute Gasteiger partial charge is 0.481 e. The molecule has 0 aliphatic carbocycles. The summed E-state index contributed by atoms with van der Waals surface area (Å²) < 4.78 is 1.86. The van der Waals surface area contributed by atoms with Gasteiger partial charge in [-0.3, -0.25) is 9.36 Å². The van der Waals surface area contributed by atoms with E-state index in [0.717, 1.165) is 19.0 Å². The van der Waals surface area contributed by atoms with E-state index in [1.807, 2.05) is 11.6 Å². The minimum absolute atomic E-state index is 0.0198. The fourth-order valence-corrected chi connectivity index (χ4v) is 2.38. The zero-order valence-corrected chi connectivity index (χ0v) is 9.90. The van der Waals surface area contributed by atoms with E-state index in [2.05, 4.69) is 15.1 Å². The van der Waals surface area contributed by atoms with Crippen molar-refractivity contribution >= 4 is 23.7 Å². The van der Waals surface area contributed by atoms with Crippen LogP contribution >= 0.6 is 11.8 Å². The quantitative estimate of drug-likeness (QED) is 0.779. The standard InChI is InChI=1S/C9H14N4O2S/c1-12-8(13-4-2-3-5-13)10-11-9(12)16-6-7(14)15/h2-6H2,1H3,(H,14,15). The van der Waals surface area contributed by atoms with Gasteiger partial charge >= 0.3 is 5.97 Å². The number of carboxylic acids is 1. The van der Waals surface area contributed by atoms with Crippen molar-refractivity contribution in [1.82, 2.24) is 14.8 Å². The molecule has 7 heteroatoms. The Kier molecular flexibility index (Phi) is 3.33. The van der Waals surface area contributed by atoms with Crippen LogP contribution in [0.4, 0.5) is 5.95 Å². The summed E-state index contributed by atoms with van der Waals surface area (Å²) in [6, 6.07) is 0. The Morgan fingerprint density at radius 1 is 1.44 bits per heavy atom. The van der Waals surface area contributed by atoms with Gasteiger partial charge in [-0.15, -0.1) is 10.2 Å². The minimum atomic E-state index is -0.837. The Hall–Kier alpha value is -1.24. The summed E-state index contributed by atoms with van der Waals surface area (Å²) in [5.74, 6) is 0.0208. The molecule has 0 atom stereocenters. The Labute approximate surface area is 97.6 Å². The number of aromatic nitrogens is 3. The molecule has 1 N–H and O–H groups in total. The average Bonchev–Trinajstić information content (AvgIpc) is 2.84. The van der Waals surface area contributed by atoms with Gasteiger partial charge < -0.3 is 10.0 Å². The van der Waals surface area contributed by atoms with Gasteiger partial charge in [0.25, 0.3) is 0 Å². The van der Waals surface area contributed by atoms with Crippen LogP contribution in [0.3, 0.4) is 0 Å². The van der Waals surface area contributed by atoms with Crippen molar-refractivity contribution < 1.29 is 9.90 Å². The summed E-state index contributed by atoms with van der Waals surface area (Å²) in [6.45, 7) is 2.02. The third-order valence-corrected chi connectivity index (χ3v) is 3.53. The van der Waals surface area contributed by atoms with Crippen molar-refractivity contribution in [3.8, 4) is 0 Å². The molecule has 0 unspecified atom stereocenters. The Morgan fingerprint density at radius 2 is 2.12 bits per heavy atom. The van der Waals surface area contributed by atoms with E-state index in [1.165, 1.54) is 24.6 Å². The van der Waals surface area contributed by atoms with Crippen LogP contribution < -0.4 is 4.90 Å². The molecule has 0 amide bonds. The van der Waals surface area contributed by atoms with Gasteiger partial charge in [-0.25, -0.2) is 0 Å². The van der Waals surface area contributed by atoms with E-state index in [0.29, 0.717) is 5.16 Å². The smallest absolute Gasteiger partial charge is 0.313 e. The molecule has 1 saturated heterocycles. The van der Waals surface area contributed by atoms with Crippen LogP contribution in [0.5, 0.6) is 0 Å². The van der Waals surface area contributed by atoms with Crippen molar-refractivity contribution in [3.63, 3.8) is 0 Å².